The van der Waals surface area contributed by atoms with Gasteiger partial charge < -0.3 is 10.2 Å². The molecule has 1 fully saturated rings. The molecular formula is C32H37Cl2N3O4S. The molecule has 0 aromatic heterocycles. The largest absolute Gasteiger partial charge is 0.352 e. The third-order valence-corrected chi connectivity index (χ3v) is 10.00. The summed E-state index contributed by atoms with van der Waals surface area (Å²) in [5.74, 6) is -0.777. The number of anilines is 1. The Morgan fingerprint density at radius 2 is 1.62 bits per heavy atom. The van der Waals surface area contributed by atoms with Gasteiger partial charge in [0.2, 0.25) is 11.8 Å². The van der Waals surface area contributed by atoms with Gasteiger partial charge in [0.05, 0.1) is 15.6 Å². The molecule has 1 N–H and O–H groups in total. The number of hydrogen-bond donors (Lipinski definition) is 1. The lowest BCUT2D eigenvalue weighted by molar-refractivity contribution is -0.139. The van der Waals surface area contributed by atoms with Crippen molar-refractivity contribution >= 4 is 50.7 Å². The molecule has 224 valence electrons. The number of sulfonamides is 1. The van der Waals surface area contributed by atoms with Gasteiger partial charge in [-0.3, -0.25) is 13.9 Å². The first-order chi connectivity index (χ1) is 20.1. The summed E-state index contributed by atoms with van der Waals surface area (Å²) in [5.41, 5.74) is 1.97. The fourth-order valence-electron chi connectivity index (χ4n) is 5.17. The zero-order chi connectivity index (χ0) is 30.3. The summed E-state index contributed by atoms with van der Waals surface area (Å²) in [5, 5.41) is 3.51. The van der Waals surface area contributed by atoms with Crippen molar-refractivity contribution in [2.24, 2.45) is 0 Å². The smallest absolute Gasteiger partial charge is 0.264 e. The molecule has 0 radical (unpaired) electrons. The summed E-state index contributed by atoms with van der Waals surface area (Å²) in [6.07, 6.45) is 5.58. The van der Waals surface area contributed by atoms with E-state index >= 15 is 0 Å². The molecular weight excluding hydrogens is 593 g/mol. The molecule has 1 atom stereocenters. The topological polar surface area (TPSA) is 86.8 Å². The summed E-state index contributed by atoms with van der Waals surface area (Å²) in [6, 6.07) is 19.7. The average Bonchev–Trinajstić information content (AvgIpc) is 2.98. The van der Waals surface area contributed by atoms with Crippen LogP contribution in [0.5, 0.6) is 0 Å². The SMILES string of the molecule is Cc1ccc(S(=O)(=O)N(CC(=O)N(CCc2ccccc2)[C@H](C)C(=O)NC2CCCCC2)c2cc(Cl)ccc2Cl)cc1. The molecule has 7 nitrogen and oxygen atoms in total. The highest BCUT2D eigenvalue weighted by molar-refractivity contribution is 7.92. The summed E-state index contributed by atoms with van der Waals surface area (Å²) in [7, 11) is -4.23. The number of rotatable bonds is 11. The van der Waals surface area contributed by atoms with Crippen LogP contribution in [0.25, 0.3) is 0 Å². The van der Waals surface area contributed by atoms with Gasteiger partial charge in [0.25, 0.3) is 10.0 Å². The van der Waals surface area contributed by atoms with Crippen LogP contribution in [0.4, 0.5) is 5.69 Å². The van der Waals surface area contributed by atoms with E-state index in [1.54, 1.807) is 25.1 Å². The van der Waals surface area contributed by atoms with Crippen molar-refractivity contribution in [1.82, 2.24) is 10.2 Å². The standard InChI is InChI=1S/C32H37Cl2N3O4S/c1-23-13-16-28(17-14-23)42(40,41)37(30-21-26(33)15-18-29(30)34)22-31(38)36(20-19-25-9-5-3-6-10-25)24(2)32(39)35-27-11-7-4-8-12-27/h3,5-6,9-10,13-18,21,24,27H,4,7-8,11-12,19-20,22H2,1-2H3,(H,35,39)/t24-/m1/s1. The van der Waals surface area contributed by atoms with E-state index < -0.39 is 28.5 Å². The fraction of sp³-hybridized carbons (Fsp3) is 0.375. The molecule has 2 amide bonds. The van der Waals surface area contributed by atoms with Crippen molar-refractivity contribution in [2.45, 2.75) is 69.4 Å². The van der Waals surface area contributed by atoms with E-state index in [4.69, 9.17) is 23.2 Å². The second-order valence-corrected chi connectivity index (χ2v) is 13.5. The second kappa shape index (κ2) is 14.4. The van der Waals surface area contributed by atoms with Crippen LogP contribution in [0.2, 0.25) is 10.0 Å². The third-order valence-electron chi connectivity index (χ3n) is 7.67. The monoisotopic (exact) mass is 629 g/mol. The Morgan fingerprint density at radius 1 is 0.952 bits per heavy atom. The maximum atomic E-state index is 14.1. The van der Waals surface area contributed by atoms with Crippen molar-refractivity contribution in [1.29, 1.82) is 0 Å². The van der Waals surface area contributed by atoms with Crippen molar-refractivity contribution < 1.29 is 18.0 Å². The number of amides is 2. The highest BCUT2D eigenvalue weighted by Crippen LogP contribution is 2.33. The lowest BCUT2D eigenvalue weighted by Gasteiger charge is -2.33. The molecule has 42 heavy (non-hydrogen) atoms. The molecule has 0 unspecified atom stereocenters. The molecule has 3 aromatic carbocycles. The van der Waals surface area contributed by atoms with Gasteiger partial charge in [-0.1, -0.05) is 90.5 Å². The lowest BCUT2D eigenvalue weighted by Crippen LogP contribution is -2.53. The van der Waals surface area contributed by atoms with Gasteiger partial charge in [-0.25, -0.2) is 8.42 Å². The van der Waals surface area contributed by atoms with Crippen LogP contribution in [0.3, 0.4) is 0 Å². The van der Waals surface area contributed by atoms with E-state index in [1.807, 2.05) is 37.3 Å². The molecule has 1 aliphatic rings. The zero-order valence-electron chi connectivity index (χ0n) is 23.9. The van der Waals surface area contributed by atoms with Gasteiger partial charge in [-0.2, -0.15) is 0 Å². The average molecular weight is 631 g/mol. The predicted octanol–water partition coefficient (Wildman–Crippen LogP) is 6.41. The van der Waals surface area contributed by atoms with Gasteiger partial charge >= 0.3 is 0 Å². The van der Waals surface area contributed by atoms with Crippen molar-refractivity contribution in [2.75, 3.05) is 17.4 Å². The second-order valence-electron chi connectivity index (χ2n) is 10.8. The van der Waals surface area contributed by atoms with Gasteiger partial charge in [0.15, 0.2) is 0 Å². The number of halogens is 2. The molecule has 10 heteroatoms. The van der Waals surface area contributed by atoms with E-state index in [0.29, 0.717) is 6.42 Å². The van der Waals surface area contributed by atoms with Crippen LogP contribution in [-0.2, 0) is 26.0 Å². The number of hydrogen-bond acceptors (Lipinski definition) is 4. The predicted molar refractivity (Wildman–Crippen MR) is 169 cm³/mol. The minimum Gasteiger partial charge on any atom is -0.352 e. The van der Waals surface area contributed by atoms with Crippen LogP contribution in [0.15, 0.2) is 77.7 Å². The Balaban J connectivity index is 1.67. The molecule has 1 saturated carbocycles. The van der Waals surface area contributed by atoms with Gasteiger partial charge in [-0.05, 0) is 69.0 Å². The molecule has 3 aromatic rings. The zero-order valence-corrected chi connectivity index (χ0v) is 26.3. The highest BCUT2D eigenvalue weighted by Gasteiger charge is 2.34. The summed E-state index contributed by atoms with van der Waals surface area (Å²) in [6.45, 7) is 3.21. The van der Waals surface area contributed by atoms with Crippen molar-refractivity contribution in [3.05, 3.63) is 94.0 Å². The third kappa shape index (κ3) is 8.06. The van der Waals surface area contributed by atoms with Crippen molar-refractivity contribution in [3.8, 4) is 0 Å². The van der Waals surface area contributed by atoms with Crippen LogP contribution in [0.1, 0.15) is 50.2 Å². The molecule has 0 aliphatic heterocycles. The van der Waals surface area contributed by atoms with Crippen LogP contribution < -0.4 is 9.62 Å². The quantitative estimate of drug-likeness (QED) is 0.266. The number of carbonyl (C=O) groups is 2. The normalized spacial score (nSPS) is 14.7. The van der Waals surface area contributed by atoms with E-state index in [2.05, 4.69) is 5.32 Å². The van der Waals surface area contributed by atoms with E-state index in [9.17, 15) is 18.0 Å². The van der Waals surface area contributed by atoms with Crippen LogP contribution in [0, 0.1) is 6.92 Å². The molecule has 0 spiro atoms. The first-order valence-electron chi connectivity index (χ1n) is 14.2. The lowest BCUT2D eigenvalue weighted by atomic mass is 9.95. The van der Waals surface area contributed by atoms with Crippen molar-refractivity contribution in [3.63, 3.8) is 0 Å². The minimum absolute atomic E-state index is 0.0101. The van der Waals surface area contributed by atoms with E-state index in [0.717, 1.165) is 47.5 Å². The summed E-state index contributed by atoms with van der Waals surface area (Å²) in [4.78, 5) is 28.9. The summed E-state index contributed by atoms with van der Waals surface area (Å²) < 4.78 is 29.0. The summed E-state index contributed by atoms with van der Waals surface area (Å²) >= 11 is 12.7. The van der Waals surface area contributed by atoms with Gasteiger partial charge in [-0.15, -0.1) is 0 Å². The van der Waals surface area contributed by atoms with Crippen LogP contribution >= 0.6 is 23.2 Å². The first kappa shape index (κ1) is 31.9. The number of carbonyl (C=O) groups excluding carboxylic acids is 2. The molecule has 1 aliphatic carbocycles. The van der Waals surface area contributed by atoms with Gasteiger partial charge in [0, 0.05) is 17.6 Å². The number of nitrogens with zero attached hydrogens (tertiary/aromatic N) is 2. The Bertz CT molecular complexity index is 1480. The fourth-order valence-corrected chi connectivity index (χ4v) is 7.03. The molecule has 0 heterocycles. The van der Waals surface area contributed by atoms with Gasteiger partial charge in [0.1, 0.15) is 12.6 Å². The Hall–Kier alpha value is -3.07. The number of aryl methyl sites for hydroxylation is 1. The number of nitrogens with one attached hydrogen (secondary N) is 1. The maximum Gasteiger partial charge on any atom is 0.264 e. The first-order valence-corrected chi connectivity index (χ1v) is 16.4. The Morgan fingerprint density at radius 3 is 2.29 bits per heavy atom. The Labute approximate surface area is 258 Å². The van der Waals surface area contributed by atoms with E-state index in [1.165, 1.54) is 29.2 Å². The number of benzene rings is 3. The molecule has 0 bridgehead atoms. The molecule has 4 rings (SSSR count). The van der Waals surface area contributed by atoms with E-state index in [-0.39, 0.29) is 39.1 Å². The minimum atomic E-state index is -4.23. The maximum absolute atomic E-state index is 14.1. The Kier molecular flexibility index (Phi) is 10.9. The molecule has 0 saturated heterocycles. The van der Waals surface area contributed by atoms with Crippen LogP contribution in [-0.4, -0.2) is 50.3 Å². The highest BCUT2D eigenvalue weighted by atomic mass is 35.5.